The molecule has 1 saturated heterocycles. The van der Waals surface area contributed by atoms with Crippen molar-refractivity contribution in [3.63, 3.8) is 0 Å². The van der Waals surface area contributed by atoms with Gasteiger partial charge in [-0.25, -0.2) is 9.50 Å². The molecule has 9 heteroatoms. The maximum atomic E-state index is 13.0. The minimum Gasteiger partial charge on any atom is -0.493 e. The maximum absolute atomic E-state index is 13.0. The number of fused-ring (bicyclic) bond motifs is 1. The van der Waals surface area contributed by atoms with Gasteiger partial charge in [0.2, 0.25) is 0 Å². The Morgan fingerprint density at radius 2 is 1.90 bits per heavy atom. The van der Waals surface area contributed by atoms with E-state index in [4.69, 9.17) is 14.5 Å². The molecule has 2 aromatic heterocycles. The second-order valence-corrected chi connectivity index (χ2v) is 8.70. The van der Waals surface area contributed by atoms with E-state index >= 15 is 0 Å². The molecule has 1 aliphatic heterocycles. The molecule has 0 saturated carbocycles. The van der Waals surface area contributed by atoms with Crippen molar-refractivity contribution in [2.24, 2.45) is 0 Å². The average Bonchev–Trinajstić information content (AvgIpc) is 3.22. The number of nitrogens with zero attached hydrogens (tertiary/aromatic N) is 4. The van der Waals surface area contributed by atoms with Crippen LogP contribution in [0.3, 0.4) is 0 Å². The van der Waals surface area contributed by atoms with Crippen molar-refractivity contribution < 1.29 is 14.3 Å². The number of methoxy groups -OCH3 is 2. The molecular formula is C22H27N5O3S. The van der Waals surface area contributed by atoms with Crippen molar-refractivity contribution in [1.29, 1.82) is 0 Å². The van der Waals surface area contributed by atoms with E-state index in [0.29, 0.717) is 17.2 Å². The largest absolute Gasteiger partial charge is 0.493 e. The molecule has 1 aliphatic rings. The Morgan fingerprint density at radius 1 is 1.16 bits per heavy atom. The second kappa shape index (κ2) is 9.05. The first-order valence-corrected chi connectivity index (χ1v) is 11.4. The number of carbonyl (C=O) groups is 1. The van der Waals surface area contributed by atoms with Gasteiger partial charge in [0.05, 0.1) is 32.2 Å². The van der Waals surface area contributed by atoms with Crippen molar-refractivity contribution in [3.8, 4) is 11.5 Å². The highest BCUT2D eigenvalue weighted by Crippen LogP contribution is 2.30. The molecule has 164 valence electrons. The number of hydrogen-bond donors (Lipinski definition) is 1. The summed E-state index contributed by atoms with van der Waals surface area (Å²) in [7, 11) is 3.19. The SMILES string of the molecule is COc1ccc([C@H](C)NC(=O)c2cc3c(N4CCSCC4)nc(C)cn3n2)cc1OC. The second-order valence-electron chi connectivity index (χ2n) is 7.47. The number of carbonyl (C=O) groups excluding carboxylic acids is 1. The molecule has 0 bridgehead atoms. The molecule has 0 spiro atoms. The van der Waals surface area contributed by atoms with Gasteiger partial charge in [0.25, 0.3) is 5.91 Å². The summed E-state index contributed by atoms with van der Waals surface area (Å²) in [6.07, 6.45) is 1.85. The van der Waals surface area contributed by atoms with E-state index in [1.165, 1.54) is 0 Å². The lowest BCUT2D eigenvalue weighted by Gasteiger charge is -2.28. The highest BCUT2D eigenvalue weighted by Gasteiger charge is 2.21. The highest BCUT2D eigenvalue weighted by atomic mass is 32.2. The first-order chi connectivity index (χ1) is 15.0. The Hall–Kier alpha value is -2.94. The fourth-order valence-electron chi connectivity index (χ4n) is 3.68. The number of thioether (sulfide) groups is 1. The number of amides is 1. The lowest BCUT2D eigenvalue weighted by Crippen LogP contribution is -2.33. The van der Waals surface area contributed by atoms with Crippen LogP contribution in [0.2, 0.25) is 0 Å². The van der Waals surface area contributed by atoms with Gasteiger partial charge in [-0.3, -0.25) is 4.79 Å². The minimum atomic E-state index is -0.233. The van der Waals surface area contributed by atoms with Crippen LogP contribution in [0.5, 0.6) is 11.5 Å². The van der Waals surface area contributed by atoms with Gasteiger partial charge < -0.3 is 19.7 Å². The van der Waals surface area contributed by atoms with E-state index in [9.17, 15) is 4.79 Å². The van der Waals surface area contributed by atoms with E-state index in [-0.39, 0.29) is 11.9 Å². The monoisotopic (exact) mass is 441 g/mol. The topological polar surface area (TPSA) is 81.0 Å². The fourth-order valence-corrected chi connectivity index (χ4v) is 4.59. The van der Waals surface area contributed by atoms with Crippen molar-refractivity contribution in [2.75, 3.05) is 43.7 Å². The Labute approximate surface area is 185 Å². The molecule has 4 rings (SSSR count). The third-order valence-corrected chi connectivity index (χ3v) is 6.30. The summed E-state index contributed by atoms with van der Waals surface area (Å²) in [5.41, 5.74) is 3.00. The molecule has 1 atom stereocenters. The number of rotatable bonds is 6. The van der Waals surface area contributed by atoms with Crippen molar-refractivity contribution in [3.05, 3.63) is 47.4 Å². The van der Waals surface area contributed by atoms with Crippen LogP contribution >= 0.6 is 11.8 Å². The van der Waals surface area contributed by atoms with Gasteiger partial charge in [0.1, 0.15) is 5.52 Å². The van der Waals surface area contributed by atoms with Crippen LogP contribution in [-0.4, -0.2) is 59.3 Å². The van der Waals surface area contributed by atoms with E-state index in [2.05, 4.69) is 15.3 Å². The summed E-state index contributed by atoms with van der Waals surface area (Å²) in [5.74, 6) is 4.08. The van der Waals surface area contributed by atoms with Gasteiger partial charge in [-0.15, -0.1) is 0 Å². The summed E-state index contributed by atoms with van der Waals surface area (Å²) in [6.45, 7) is 5.76. The first-order valence-electron chi connectivity index (χ1n) is 10.2. The maximum Gasteiger partial charge on any atom is 0.272 e. The molecule has 8 nitrogen and oxygen atoms in total. The number of aromatic nitrogens is 3. The molecule has 31 heavy (non-hydrogen) atoms. The first kappa shape index (κ1) is 21.3. The van der Waals surface area contributed by atoms with Gasteiger partial charge in [0, 0.05) is 30.7 Å². The fraction of sp³-hybridized carbons (Fsp3) is 0.409. The van der Waals surface area contributed by atoms with Crippen LogP contribution in [-0.2, 0) is 0 Å². The van der Waals surface area contributed by atoms with Crippen LogP contribution in [0.4, 0.5) is 5.82 Å². The summed E-state index contributed by atoms with van der Waals surface area (Å²) in [5, 5.41) is 7.55. The minimum absolute atomic E-state index is 0.226. The van der Waals surface area contributed by atoms with E-state index in [1.54, 1.807) is 18.7 Å². The smallest absolute Gasteiger partial charge is 0.272 e. The van der Waals surface area contributed by atoms with Crippen LogP contribution in [0.25, 0.3) is 5.52 Å². The van der Waals surface area contributed by atoms with E-state index in [0.717, 1.165) is 47.2 Å². The number of hydrogen-bond acceptors (Lipinski definition) is 7. The Morgan fingerprint density at radius 3 is 2.61 bits per heavy atom. The molecule has 1 N–H and O–H groups in total. The number of aryl methyl sites for hydroxylation is 1. The third-order valence-electron chi connectivity index (χ3n) is 5.35. The molecule has 1 aromatic carbocycles. The molecule has 0 aliphatic carbocycles. The van der Waals surface area contributed by atoms with Gasteiger partial charge in [-0.1, -0.05) is 6.07 Å². The lowest BCUT2D eigenvalue weighted by molar-refractivity contribution is 0.0934. The molecule has 1 fully saturated rings. The Bertz CT molecular complexity index is 1090. The summed E-state index contributed by atoms with van der Waals surface area (Å²) >= 11 is 1.95. The van der Waals surface area contributed by atoms with Crippen molar-refractivity contribution >= 4 is 29.0 Å². The zero-order valence-electron chi connectivity index (χ0n) is 18.2. The highest BCUT2D eigenvalue weighted by molar-refractivity contribution is 7.99. The molecule has 1 amide bonds. The molecular weight excluding hydrogens is 414 g/mol. The quantitative estimate of drug-likeness (QED) is 0.629. The zero-order valence-corrected chi connectivity index (χ0v) is 19.0. The number of nitrogens with one attached hydrogen (secondary N) is 1. The number of ether oxygens (including phenoxy) is 2. The van der Waals surface area contributed by atoms with Crippen molar-refractivity contribution in [1.82, 2.24) is 19.9 Å². The van der Waals surface area contributed by atoms with Crippen LogP contribution in [0.1, 0.15) is 34.7 Å². The molecule has 3 aromatic rings. The van der Waals surface area contributed by atoms with Crippen LogP contribution in [0, 0.1) is 6.92 Å². The van der Waals surface area contributed by atoms with Gasteiger partial charge in [0.15, 0.2) is 23.0 Å². The number of anilines is 1. The lowest BCUT2D eigenvalue weighted by atomic mass is 10.1. The molecule has 0 unspecified atom stereocenters. The Kier molecular flexibility index (Phi) is 6.22. The molecule has 3 heterocycles. The Balaban J connectivity index is 1.58. The average molecular weight is 442 g/mol. The predicted molar refractivity (Wildman–Crippen MR) is 123 cm³/mol. The zero-order chi connectivity index (χ0) is 22.0. The summed E-state index contributed by atoms with van der Waals surface area (Å²) in [6, 6.07) is 7.21. The van der Waals surface area contributed by atoms with Crippen LogP contribution in [0.15, 0.2) is 30.5 Å². The van der Waals surface area contributed by atoms with Gasteiger partial charge >= 0.3 is 0 Å². The summed E-state index contributed by atoms with van der Waals surface area (Å²) < 4.78 is 12.4. The van der Waals surface area contributed by atoms with Gasteiger partial charge in [-0.2, -0.15) is 16.9 Å². The predicted octanol–water partition coefficient (Wildman–Crippen LogP) is 3.10. The normalized spacial score (nSPS) is 15.0. The van der Waals surface area contributed by atoms with E-state index in [1.807, 2.05) is 56.1 Å². The van der Waals surface area contributed by atoms with E-state index < -0.39 is 0 Å². The molecule has 0 radical (unpaired) electrons. The van der Waals surface area contributed by atoms with Crippen LogP contribution < -0.4 is 19.7 Å². The number of benzene rings is 1. The standard InChI is InChI=1S/C22H27N5O3S/c1-14-13-27-18(21(23-14)26-7-9-31-10-8-26)12-17(25-27)22(28)24-15(2)16-5-6-19(29-3)20(11-16)30-4/h5-6,11-13,15H,7-10H2,1-4H3,(H,24,28)/t15-/m0/s1. The van der Waals surface area contributed by atoms with Crippen molar-refractivity contribution in [2.45, 2.75) is 19.9 Å². The third kappa shape index (κ3) is 4.41. The van der Waals surface area contributed by atoms with Gasteiger partial charge in [-0.05, 0) is 31.5 Å². The summed E-state index contributed by atoms with van der Waals surface area (Å²) in [4.78, 5) is 20.0.